The molecule has 22 rings (SSSR count). The fourth-order valence-corrected chi connectivity index (χ4v) is 9.72. The molecule has 30 atom stereocenters. The van der Waals surface area contributed by atoms with Gasteiger partial charge in [-0.3, -0.25) is 0 Å². The Morgan fingerprint density at radius 1 is 0.329 bits per heavy atom. The average molecular weight is 1060 g/mol. The summed E-state index contributed by atoms with van der Waals surface area (Å²) in [5.41, 5.74) is 0. The summed E-state index contributed by atoms with van der Waals surface area (Å²) in [7, 11) is 1.32. The number of rotatable bonds is 7. The van der Waals surface area contributed by atoms with Crippen molar-refractivity contribution in [1.29, 1.82) is 0 Å². The lowest BCUT2D eigenvalue weighted by atomic mass is 9.93. The zero-order chi connectivity index (χ0) is 51.2. The number of hydrogen-bond acceptors (Lipinski definition) is 30. The van der Waals surface area contributed by atoms with Crippen LogP contribution in [0.25, 0.3) is 0 Å². The molecular formula is C38H63NO29S2. The molecule has 0 aromatic carbocycles. The quantitative estimate of drug-likeness (QED) is 0.0831. The summed E-state index contributed by atoms with van der Waals surface area (Å²) in [4.78, 5) is 1.14. The number of nitrogens with zero attached hydrogens (tertiary/aromatic N) is 1. The first-order chi connectivity index (χ1) is 33.2. The Kier molecular flexibility index (Phi) is 19.4. The van der Waals surface area contributed by atoms with Gasteiger partial charge in [-0.1, -0.05) is 12.2 Å². The second-order valence-corrected chi connectivity index (χ2v) is 18.9. The van der Waals surface area contributed by atoms with Gasteiger partial charge >= 0.3 is 0 Å². The molecule has 0 aromatic rings. The lowest BCUT2D eigenvalue weighted by Gasteiger charge is -2.52. The molecule has 0 aromatic heterocycles. The van der Waals surface area contributed by atoms with E-state index in [-0.39, 0.29) is 4.32 Å². The minimum atomic E-state index is -2.15. The van der Waals surface area contributed by atoms with Crippen molar-refractivity contribution in [3.05, 3.63) is 0 Å². The number of aliphatic hydroxyl groups excluding tert-OH is 17. The molecule has 22 aliphatic heterocycles. The molecule has 0 aliphatic carbocycles. The first-order valence-electron chi connectivity index (χ1n) is 22.2. The van der Waals surface area contributed by atoms with Crippen LogP contribution < -0.4 is 0 Å². The fraction of sp³-hybridized carbons (Fsp3) is 0.974. The van der Waals surface area contributed by atoms with Crippen LogP contribution in [0.15, 0.2) is 0 Å². The highest BCUT2D eigenvalue weighted by atomic mass is 32.1. The maximum Gasteiger partial charge on any atom is 0.187 e. The molecule has 406 valence electrons. The van der Waals surface area contributed by atoms with E-state index in [1.807, 2.05) is 0 Å². The third kappa shape index (κ3) is 11.0. The largest absolute Gasteiger partial charge is 0.394 e. The molecule has 22 aliphatic rings. The van der Waals surface area contributed by atoms with E-state index in [9.17, 15) is 86.8 Å². The molecule has 70 heavy (non-hydrogen) atoms. The van der Waals surface area contributed by atoms with Crippen LogP contribution >= 0.6 is 24.8 Å². The maximum atomic E-state index is 11.9. The first kappa shape index (κ1) is 56.8. The number of likely N-dealkylation sites (N-methyl/N-ethyl adjacent to an activating group) is 1. The summed E-state index contributed by atoms with van der Waals surface area (Å²) in [6.45, 7) is -5.92. The van der Waals surface area contributed by atoms with Crippen LogP contribution in [-0.4, -0.2) is 327 Å². The summed E-state index contributed by atoms with van der Waals surface area (Å²) in [5.74, 6) is 0. The second kappa shape index (κ2) is 24.0. The Labute approximate surface area is 407 Å². The second-order valence-electron chi connectivity index (χ2n) is 17.7. The average Bonchev–Trinajstić information content (AvgIpc) is 3.34. The van der Waals surface area contributed by atoms with Crippen molar-refractivity contribution in [2.24, 2.45) is 0 Å². The third-order valence-electron chi connectivity index (χ3n) is 13.4. The predicted octanol–water partition coefficient (Wildman–Crippen LogP) is -11.9. The molecule has 0 spiro atoms. The van der Waals surface area contributed by atoms with E-state index in [0.717, 1.165) is 4.90 Å². The summed E-state index contributed by atoms with van der Waals surface area (Å²) in [6.07, 6.45) is -55.6. The minimum Gasteiger partial charge on any atom is -0.394 e. The van der Waals surface area contributed by atoms with Crippen molar-refractivity contribution in [3.8, 4) is 0 Å². The zero-order valence-corrected chi connectivity index (χ0v) is 38.6. The predicted molar refractivity (Wildman–Crippen MR) is 223 cm³/mol. The minimum absolute atomic E-state index is 0.195. The van der Waals surface area contributed by atoms with Crippen LogP contribution in [0, 0.1) is 0 Å². The van der Waals surface area contributed by atoms with Crippen LogP contribution in [0.2, 0.25) is 0 Å². The monoisotopic (exact) mass is 1060 g/mol. The van der Waals surface area contributed by atoms with Gasteiger partial charge in [0.15, 0.2) is 37.7 Å². The maximum absolute atomic E-state index is 11.9. The Balaban J connectivity index is 1.23. The van der Waals surface area contributed by atoms with Crippen LogP contribution in [0.3, 0.4) is 0 Å². The molecule has 17 N–H and O–H groups in total. The molecule has 30 nitrogen and oxygen atoms in total. The van der Waals surface area contributed by atoms with E-state index in [2.05, 4.69) is 12.6 Å². The third-order valence-corrected chi connectivity index (χ3v) is 14.0. The van der Waals surface area contributed by atoms with Gasteiger partial charge in [0.25, 0.3) is 0 Å². The summed E-state index contributed by atoms with van der Waals surface area (Å²) in [6, 6.07) is -1.52. The van der Waals surface area contributed by atoms with E-state index in [0.29, 0.717) is 0 Å². The van der Waals surface area contributed by atoms with Gasteiger partial charge in [-0.15, -0.1) is 12.6 Å². The van der Waals surface area contributed by atoms with Crippen molar-refractivity contribution in [2.45, 2.75) is 184 Å². The summed E-state index contributed by atoms with van der Waals surface area (Å²) in [5, 5.41) is 187. The van der Waals surface area contributed by atoms with Crippen molar-refractivity contribution < 1.29 is 144 Å². The first-order valence-corrected chi connectivity index (χ1v) is 23.1. The number of thiocarbonyl (C=S) groups is 1. The van der Waals surface area contributed by atoms with Crippen LogP contribution in [0.1, 0.15) is 0 Å². The topological polar surface area (TPSA) is 458 Å². The molecule has 0 amide bonds. The summed E-state index contributed by atoms with van der Waals surface area (Å²) < 4.78 is 69.3. The Morgan fingerprint density at radius 3 is 0.714 bits per heavy atom. The van der Waals surface area contributed by atoms with E-state index < -0.39 is 224 Å². The van der Waals surface area contributed by atoms with Crippen molar-refractivity contribution in [2.75, 3.05) is 46.7 Å². The normalized spacial score (nSPS) is 52.8. The van der Waals surface area contributed by atoms with Crippen LogP contribution in [0.5, 0.6) is 0 Å². The van der Waals surface area contributed by atoms with Gasteiger partial charge in [0, 0.05) is 7.05 Å². The Hall–Kier alpha value is -0.920. The summed E-state index contributed by atoms with van der Waals surface area (Å²) >= 11 is 9.42. The molecule has 32 heteroatoms. The van der Waals surface area contributed by atoms with Gasteiger partial charge in [0.05, 0.1) is 39.6 Å². The number of hydrogen-bond donors (Lipinski definition) is 18. The highest BCUT2D eigenvalue weighted by molar-refractivity contribution is 8.10. The zero-order valence-electron chi connectivity index (χ0n) is 36.9. The van der Waals surface area contributed by atoms with E-state index in [1.54, 1.807) is 0 Å². The molecule has 22 heterocycles. The van der Waals surface area contributed by atoms with Gasteiger partial charge in [0.1, 0.15) is 151 Å². The van der Waals surface area contributed by atoms with Gasteiger partial charge in [-0.25, -0.2) is 0 Å². The molecular weight excluding hydrogens is 999 g/mol. The molecule has 0 radical (unpaired) electrons. The van der Waals surface area contributed by atoms with Crippen molar-refractivity contribution in [1.82, 2.24) is 4.90 Å². The molecule has 12 bridgehead atoms. The molecule has 0 saturated carbocycles. The fourth-order valence-electron chi connectivity index (χ4n) is 9.47. The SMILES string of the molecule is CN(C(=S)S)[C@H]1[C@@H]2O[C@H](CO)[C@@H](O[C@@H]3O[C@H](CO)[C@H](O[C@@H]4O[C@H](CO)[C@H](O[C@@H]5O[C@@H](CO)[C@H](O[C@@H]6O[C@@H](CO)[C@H](O[C@@H]7OC(CO)[C@H](O2)[C@H](O)[C@H]7O)C(O)[C@H]6O)[C@H](O)[C@H]5O)[C@@H](O)[C@@H]4O)[C@@H](O)[C@@H]3O)[C@H]1O. The number of aliphatic hydroxyl groups is 17. The van der Waals surface area contributed by atoms with E-state index in [1.165, 1.54) is 7.05 Å². The lowest BCUT2D eigenvalue weighted by molar-refractivity contribution is -0.401. The number of ether oxygens (including phenoxy) is 12. The lowest BCUT2D eigenvalue weighted by Crippen LogP contribution is -2.70. The highest BCUT2D eigenvalue weighted by Gasteiger charge is 2.59. The standard InChI is InChI=1S/C38H63NO29S2/c1-39(38(69)70)14-15(46)26-8(2-40)57-32(14)63-27-9(3-41)58-34(21(52)16(27)47)65-29-11(5-43)60-36(23(54)18(29)49)67-31-13(7-45)62-37(25(56)20(31)51)68-30-12(6-44)61-35(24(55)19(30)50)66-28-10(4-42)59-33(64-26)22(53)17(28)48/h8-37,40-56H,2-7H2,1H3,(H,69,70)/t8-,9?,10-,11+,12-,13+,14-,15+,16-,17+,18?,19+,20-,21-,22+,23-,24+,25-,26-,27+,28+,29+,30+,31+,32-,33+,34+,35+,36+,37+/m1/s1. The van der Waals surface area contributed by atoms with E-state index >= 15 is 0 Å². The van der Waals surface area contributed by atoms with Gasteiger partial charge in [-0.2, -0.15) is 0 Å². The van der Waals surface area contributed by atoms with Crippen molar-refractivity contribution >= 4 is 29.2 Å². The highest BCUT2D eigenvalue weighted by Crippen LogP contribution is 2.39. The molecule has 22 saturated heterocycles. The van der Waals surface area contributed by atoms with E-state index in [4.69, 9.17) is 69.1 Å². The van der Waals surface area contributed by atoms with Gasteiger partial charge in [-0.05, 0) is 0 Å². The van der Waals surface area contributed by atoms with Crippen molar-refractivity contribution in [3.63, 3.8) is 0 Å². The molecule has 2 unspecified atom stereocenters. The molecule has 22 fully saturated rings. The number of thiol groups is 1. The van der Waals surface area contributed by atoms with Gasteiger partial charge in [0.2, 0.25) is 0 Å². The van der Waals surface area contributed by atoms with Crippen LogP contribution in [0.4, 0.5) is 0 Å². The van der Waals surface area contributed by atoms with Crippen LogP contribution in [-0.2, 0) is 56.8 Å². The van der Waals surface area contributed by atoms with Gasteiger partial charge < -0.3 is 149 Å². The Morgan fingerprint density at radius 2 is 0.514 bits per heavy atom. The smallest absolute Gasteiger partial charge is 0.187 e. The Bertz CT molecular complexity index is 1680.